The molecule has 0 radical (unpaired) electrons. The van der Waals surface area contributed by atoms with E-state index in [2.05, 4.69) is 25.9 Å². The molecule has 1 heterocycles. The molecule has 0 aliphatic heterocycles. The van der Waals surface area contributed by atoms with E-state index in [9.17, 15) is 8.78 Å². The van der Waals surface area contributed by atoms with Gasteiger partial charge in [-0.3, -0.25) is 0 Å². The van der Waals surface area contributed by atoms with Crippen LogP contribution in [0.25, 0.3) is 22.3 Å². The number of benzene rings is 2. The zero-order chi connectivity index (χ0) is 14.3. The van der Waals surface area contributed by atoms with Gasteiger partial charge in [0.1, 0.15) is 16.5 Å². The Labute approximate surface area is 126 Å². The summed E-state index contributed by atoms with van der Waals surface area (Å²) in [4.78, 5) is 8.23. The Balaban J connectivity index is 2.29. The summed E-state index contributed by atoms with van der Waals surface area (Å²) in [6.45, 7) is 0. The van der Waals surface area contributed by atoms with Gasteiger partial charge in [-0.15, -0.1) is 0 Å². The van der Waals surface area contributed by atoms with Crippen LogP contribution in [0.4, 0.5) is 8.78 Å². The van der Waals surface area contributed by atoms with E-state index >= 15 is 0 Å². The number of aromatic nitrogens is 2. The van der Waals surface area contributed by atoms with E-state index in [1.807, 2.05) is 0 Å². The van der Waals surface area contributed by atoms with Gasteiger partial charge in [-0.25, -0.2) is 18.7 Å². The molecule has 0 fully saturated rings. The first-order valence-electron chi connectivity index (χ1n) is 5.63. The van der Waals surface area contributed by atoms with Gasteiger partial charge in [0.15, 0.2) is 11.6 Å². The van der Waals surface area contributed by atoms with Crippen molar-refractivity contribution >= 4 is 38.4 Å². The fourth-order valence-corrected chi connectivity index (χ4v) is 2.53. The van der Waals surface area contributed by atoms with Gasteiger partial charge in [-0.1, -0.05) is 39.7 Å². The molecule has 0 aliphatic rings. The van der Waals surface area contributed by atoms with Crippen LogP contribution in [-0.4, -0.2) is 9.97 Å². The average Bonchev–Trinajstić information content (AvgIpc) is 2.39. The first kappa shape index (κ1) is 13.4. The molecule has 6 heteroatoms. The fraction of sp³-hybridized carbons (Fsp3) is 0. The van der Waals surface area contributed by atoms with Crippen LogP contribution in [-0.2, 0) is 0 Å². The van der Waals surface area contributed by atoms with Crippen molar-refractivity contribution in [3.63, 3.8) is 0 Å². The zero-order valence-corrected chi connectivity index (χ0v) is 12.2. The molecule has 0 saturated heterocycles. The smallest absolute Gasteiger partial charge is 0.161 e. The minimum atomic E-state index is -0.517. The standard InChI is InChI=1S/C14H6BrClF2N2/c15-8-5-10-12(11(18)6-8)19-14(20-13(10)16)7-2-1-3-9(17)4-7/h1-6H. The van der Waals surface area contributed by atoms with E-state index < -0.39 is 11.6 Å². The Bertz CT molecular complexity index is 824. The summed E-state index contributed by atoms with van der Waals surface area (Å²) in [5, 5.41) is 0.521. The van der Waals surface area contributed by atoms with Gasteiger partial charge in [0.2, 0.25) is 0 Å². The second-order valence-electron chi connectivity index (χ2n) is 4.13. The molecule has 0 amide bonds. The minimum absolute atomic E-state index is 0.104. The van der Waals surface area contributed by atoms with E-state index in [1.54, 1.807) is 12.1 Å². The number of rotatable bonds is 1. The number of nitrogens with zero attached hydrogens (tertiary/aromatic N) is 2. The predicted molar refractivity (Wildman–Crippen MR) is 77.6 cm³/mol. The molecular weight excluding hydrogens is 350 g/mol. The third-order valence-electron chi connectivity index (χ3n) is 2.76. The van der Waals surface area contributed by atoms with E-state index in [0.29, 0.717) is 15.4 Å². The normalized spacial score (nSPS) is 11.0. The van der Waals surface area contributed by atoms with Crippen molar-refractivity contribution in [3.8, 4) is 11.4 Å². The molecule has 0 aliphatic carbocycles. The van der Waals surface area contributed by atoms with Crippen molar-refractivity contribution < 1.29 is 8.78 Å². The monoisotopic (exact) mass is 354 g/mol. The highest BCUT2D eigenvalue weighted by molar-refractivity contribution is 9.10. The van der Waals surface area contributed by atoms with Crippen molar-refractivity contribution in [1.82, 2.24) is 9.97 Å². The van der Waals surface area contributed by atoms with E-state index in [0.717, 1.165) is 0 Å². The molecule has 1 aromatic heterocycles. The summed E-state index contributed by atoms with van der Waals surface area (Å²) in [5.74, 6) is -0.752. The molecule has 0 spiro atoms. The molecule has 0 N–H and O–H groups in total. The Morgan fingerprint density at radius 1 is 1.05 bits per heavy atom. The highest BCUT2D eigenvalue weighted by atomic mass is 79.9. The van der Waals surface area contributed by atoms with E-state index in [4.69, 9.17) is 11.6 Å². The quantitative estimate of drug-likeness (QED) is 0.575. The minimum Gasteiger partial charge on any atom is -0.225 e. The molecule has 20 heavy (non-hydrogen) atoms. The van der Waals surface area contributed by atoms with Gasteiger partial charge in [0.25, 0.3) is 0 Å². The van der Waals surface area contributed by atoms with Crippen LogP contribution in [0.1, 0.15) is 0 Å². The van der Waals surface area contributed by atoms with Crippen molar-refractivity contribution in [1.29, 1.82) is 0 Å². The van der Waals surface area contributed by atoms with Gasteiger partial charge >= 0.3 is 0 Å². The van der Waals surface area contributed by atoms with Gasteiger partial charge in [0.05, 0.1) is 0 Å². The topological polar surface area (TPSA) is 25.8 Å². The van der Waals surface area contributed by atoms with Gasteiger partial charge < -0.3 is 0 Å². The van der Waals surface area contributed by atoms with Crippen LogP contribution in [0.5, 0.6) is 0 Å². The summed E-state index contributed by atoms with van der Waals surface area (Å²) in [7, 11) is 0. The van der Waals surface area contributed by atoms with Crippen molar-refractivity contribution in [2.45, 2.75) is 0 Å². The lowest BCUT2D eigenvalue weighted by atomic mass is 10.2. The Hall–Kier alpha value is -1.59. The first-order chi connectivity index (χ1) is 9.54. The lowest BCUT2D eigenvalue weighted by Crippen LogP contribution is -1.94. The summed E-state index contributed by atoms with van der Waals surface area (Å²) in [6.07, 6.45) is 0. The molecule has 0 bridgehead atoms. The van der Waals surface area contributed by atoms with Gasteiger partial charge in [0, 0.05) is 15.4 Å². The molecule has 100 valence electrons. The van der Waals surface area contributed by atoms with Crippen LogP contribution in [0.2, 0.25) is 5.15 Å². The summed E-state index contributed by atoms with van der Waals surface area (Å²) in [5.41, 5.74) is 0.545. The van der Waals surface area contributed by atoms with E-state index in [-0.39, 0.29) is 16.5 Å². The maximum Gasteiger partial charge on any atom is 0.161 e. The average molecular weight is 356 g/mol. The second-order valence-corrected chi connectivity index (χ2v) is 5.41. The number of hydrogen-bond donors (Lipinski definition) is 0. The predicted octanol–water partition coefficient (Wildman–Crippen LogP) is 4.99. The van der Waals surface area contributed by atoms with Crippen LogP contribution in [0.15, 0.2) is 40.9 Å². The van der Waals surface area contributed by atoms with Crippen LogP contribution < -0.4 is 0 Å². The van der Waals surface area contributed by atoms with Crippen LogP contribution in [0.3, 0.4) is 0 Å². The van der Waals surface area contributed by atoms with Crippen molar-refractivity contribution in [2.24, 2.45) is 0 Å². The maximum atomic E-state index is 13.9. The Kier molecular flexibility index (Phi) is 3.40. The lowest BCUT2D eigenvalue weighted by Gasteiger charge is -2.06. The third kappa shape index (κ3) is 2.39. The number of halogens is 4. The SMILES string of the molecule is Fc1cccc(-c2nc(Cl)c3cc(Br)cc(F)c3n2)c1. The molecule has 0 saturated carbocycles. The molecule has 3 rings (SSSR count). The molecule has 2 aromatic carbocycles. The summed E-state index contributed by atoms with van der Waals surface area (Å²) in [6, 6.07) is 8.68. The second kappa shape index (κ2) is 5.07. The summed E-state index contributed by atoms with van der Waals surface area (Å²) >= 11 is 9.25. The Morgan fingerprint density at radius 2 is 1.85 bits per heavy atom. The van der Waals surface area contributed by atoms with E-state index in [1.165, 1.54) is 24.3 Å². The molecule has 2 nitrogen and oxygen atoms in total. The fourth-order valence-electron chi connectivity index (χ4n) is 1.88. The first-order valence-corrected chi connectivity index (χ1v) is 6.80. The van der Waals surface area contributed by atoms with Crippen molar-refractivity contribution in [2.75, 3.05) is 0 Å². The lowest BCUT2D eigenvalue weighted by molar-refractivity contribution is 0.628. The third-order valence-corrected chi connectivity index (χ3v) is 3.50. The zero-order valence-electron chi connectivity index (χ0n) is 9.87. The number of hydrogen-bond acceptors (Lipinski definition) is 2. The van der Waals surface area contributed by atoms with Gasteiger partial charge in [-0.05, 0) is 24.3 Å². The van der Waals surface area contributed by atoms with Crippen molar-refractivity contribution in [3.05, 3.63) is 57.7 Å². The van der Waals surface area contributed by atoms with Gasteiger partial charge in [-0.2, -0.15) is 0 Å². The molecular formula is C14H6BrClF2N2. The van der Waals surface area contributed by atoms with Crippen LogP contribution >= 0.6 is 27.5 Å². The molecule has 3 aromatic rings. The molecule has 0 unspecified atom stereocenters. The summed E-state index contributed by atoms with van der Waals surface area (Å²) < 4.78 is 27.7. The highest BCUT2D eigenvalue weighted by Gasteiger charge is 2.12. The maximum absolute atomic E-state index is 13.9. The number of fused-ring (bicyclic) bond motifs is 1. The molecule has 0 atom stereocenters. The Morgan fingerprint density at radius 3 is 2.60 bits per heavy atom. The van der Waals surface area contributed by atoms with Crippen LogP contribution in [0, 0.1) is 11.6 Å². The highest BCUT2D eigenvalue weighted by Crippen LogP contribution is 2.29. The largest absolute Gasteiger partial charge is 0.225 e.